The van der Waals surface area contributed by atoms with Crippen molar-refractivity contribution in [3.63, 3.8) is 0 Å². The van der Waals surface area contributed by atoms with Crippen molar-refractivity contribution in [2.24, 2.45) is 11.1 Å². The number of aliphatic hydroxyl groups is 1. The normalized spacial score (nSPS) is 17.2. The summed E-state index contributed by atoms with van der Waals surface area (Å²) in [4.78, 5) is 70.2. The lowest BCUT2D eigenvalue weighted by Crippen LogP contribution is -2.57. The van der Waals surface area contributed by atoms with Crippen LogP contribution in [-0.4, -0.2) is 81.4 Å². The predicted octanol–water partition coefficient (Wildman–Crippen LogP) is 4.32. The summed E-state index contributed by atoms with van der Waals surface area (Å²) in [6.07, 6.45) is 1.89. The van der Waals surface area contributed by atoms with Crippen LogP contribution >= 0.6 is 11.3 Å². The maximum Gasteiger partial charge on any atom is 0.246 e. The van der Waals surface area contributed by atoms with Crippen molar-refractivity contribution in [2.45, 2.75) is 130 Å². The number of carbonyl (C=O) groups is 5. The number of ether oxygens (including phenoxy) is 1. The average Bonchev–Trinajstić information content (AvgIpc) is 3.77. The van der Waals surface area contributed by atoms with E-state index < -0.39 is 29.5 Å². The molecule has 1 aliphatic heterocycles. The summed E-state index contributed by atoms with van der Waals surface area (Å²) in [5.41, 5.74) is 11.5. The molecule has 1 fully saturated rings. The van der Waals surface area contributed by atoms with Gasteiger partial charge in [-0.2, -0.15) is 0 Å². The molecule has 6 N–H and O–H groups in total. The van der Waals surface area contributed by atoms with Gasteiger partial charge < -0.3 is 36.4 Å². The third-order valence-corrected chi connectivity index (χ3v) is 11.0. The maximum atomic E-state index is 14.0. The molecule has 1 aliphatic rings. The number of amides is 5. The van der Waals surface area contributed by atoms with E-state index >= 15 is 0 Å². The highest BCUT2D eigenvalue weighted by Gasteiger charge is 2.44. The Labute approximate surface area is 334 Å². The van der Waals surface area contributed by atoms with Crippen molar-refractivity contribution in [1.82, 2.24) is 25.8 Å². The van der Waals surface area contributed by atoms with Crippen LogP contribution in [0.15, 0.2) is 54.0 Å². The summed E-state index contributed by atoms with van der Waals surface area (Å²) >= 11 is 1.58. The van der Waals surface area contributed by atoms with Gasteiger partial charge in [-0.15, -0.1) is 11.3 Å². The first kappa shape index (κ1) is 44.1. The van der Waals surface area contributed by atoms with Crippen LogP contribution in [0.2, 0.25) is 0 Å². The van der Waals surface area contributed by atoms with Crippen LogP contribution in [0.25, 0.3) is 10.4 Å². The fourth-order valence-electron chi connectivity index (χ4n) is 6.76. The van der Waals surface area contributed by atoms with Crippen molar-refractivity contribution in [3.05, 3.63) is 76.4 Å². The van der Waals surface area contributed by atoms with Gasteiger partial charge in [0.2, 0.25) is 29.5 Å². The summed E-state index contributed by atoms with van der Waals surface area (Å²) < 4.78 is 5.99. The topological polar surface area (TPSA) is 193 Å². The van der Waals surface area contributed by atoms with Crippen molar-refractivity contribution in [1.29, 1.82) is 0 Å². The third-order valence-electron chi connectivity index (χ3n) is 10.0. The van der Waals surface area contributed by atoms with Crippen LogP contribution in [0.4, 0.5) is 0 Å². The Morgan fingerprint density at radius 1 is 0.982 bits per heavy atom. The third kappa shape index (κ3) is 13.2. The number of nitrogens with zero attached hydrogens (tertiary/aromatic N) is 2. The number of aliphatic hydroxyl groups excluding tert-OH is 1. The molecule has 0 spiro atoms. The minimum absolute atomic E-state index is 0.0146. The number of β-amino-alcohol motifs (C(OH)–C–C–N with tert-alkyl or cyclic N) is 1. The molecule has 0 unspecified atom stereocenters. The summed E-state index contributed by atoms with van der Waals surface area (Å²) in [5.74, 6) is -1.61. The van der Waals surface area contributed by atoms with Crippen molar-refractivity contribution < 1.29 is 33.8 Å². The molecule has 1 saturated heterocycles. The van der Waals surface area contributed by atoms with Gasteiger partial charge in [-0.3, -0.25) is 24.0 Å². The molecule has 2 aromatic carbocycles. The smallest absolute Gasteiger partial charge is 0.246 e. The molecule has 0 aliphatic carbocycles. The molecule has 0 saturated carbocycles. The maximum absolute atomic E-state index is 14.0. The SMILES string of the molecule is CC(=O)N[C@@H](CCC(N)=O)[C@@H](C)OCc1ccc(CCCCC(=O)N[C@H](C(=O)N2C[C@H](O)C[C@H]2C(=O)NCc2ccc(-c3scnc3C)cc2)C(C)(C)C)cc1. The molecule has 4 rings (SSSR count). The largest absolute Gasteiger partial charge is 0.391 e. The molecule has 5 atom stereocenters. The van der Waals surface area contributed by atoms with Gasteiger partial charge in [0.15, 0.2) is 0 Å². The van der Waals surface area contributed by atoms with Crippen molar-refractivity contribution in [2.75, 3.05) is 6.54 Å². The van der Waals surface area contributed by atoms with Gasteiger partial charge in [-0.1, -0.05) is 69.3 Å². The predicted molar refractivity (Wildman–Crippen MR) is 216 cm³/mol. The molecular weight excluding hydrogens is 733 g/mol. The molecule has 2 heterocycles. The van der Waals surface area contributed by atoms with Gasteiger partial charge in [0.05, 0.1) is 40.9 Å². The molecule has 14 heteroatoms. The second-order valence-corrected chi connectivity index (χ2v) is 16.7. The average molecular weight is 791 g/mol. The zero-order valence-corrected chi connectivity index (χ0v) is 34.2. The Hall–Kier alpha value is -4.66. The first-order valence-corrected chi connectivity index (χ1v) is 20.2. The number of unbranched alkanes of at least 4 members (excludes halogenated alkanes) is 1. The van der Waals surface area contributed by atoms with Gasteiger partial charge >= 0.3 is 0 Å². The van der Waals surface area contributed by atoms with E-state index in [1.54, 1.807) is 11.3 Å². The molecule has 0 bridgehead atoms. The highest BCUT2D eigenvalue weighted by molar-refractivity contribution is 7.13. The number of thiazole rings is 1. The Bertz CT molecular complexity index is 1790. The summed E-state index contributed by atoms with van der Waals surface area (Å²) in [5, 5.41) is 19.3. The lowest BCUT2D eigenvalue weighted by molar-refractivity contribution is -0.144. The number of benzene rings is 2. The van der Waals surface area contributed by atoms with Crippen LogP contribution in [-0.2, 0) is 48.3 Å². The minimum Gasteiger partial charge on any atom is -0.391 e. The molecule has 56 heavy (non-hydrogen) atoms. The highest BCUT2D eigenvalue weighted by atomic mass is 32.1. The monoisotopic (exact) mass is 790 g/mol. The Morgan fingerprint density at radius 3 is 2.25 bits per heavy atom. The van der Waals surface area contributed by atoms with Gasteiger partial charge in [0.25, 0.3) is 0 Å². The van der Waals surface area contributed by atoms with Crippen molar-refractivity contribution >= 4 is 40.9 Å². The van der Waals surface area contributed by atoms with Crippen molar-refractivity contribution in [3.8, 4) is 10.4 Å². The molecule has 0 radical (unpaired) electrons. The summed E-state index contributed by atoms with van der Waals surface area (Å²) in [7, 11) is 0. The zero-order valence-electron chi connectivity index (χ0n) is 33.4. The lowest BCUT2D eigenvalue weighted by Gasteiger charge is -2.35. The number of carbonyl (C=O) groups excluding carboxylic acids is 5. The zero-order chi connectivity index (χ0) is 41.0. The van der Waals surface area contributed by atoms with E-state index in [2.05, 4.69) is 20.9 Å². The van der Waals surface area contributed by atoms with Gasteiger partial charge in [0.1, 0.15) is 12.1 Å². The number of likely N-dealkylation sites (tertiary alicyclic amines) is 1. The number of hydrogen-bond donors (Lipinski definition) is 5. The molecule has 13 nitrogen and oxygen atoms in total. The summed E-state index contributed by atoms with van der Waals surface area (Å²) in [6.45, 7) is 11.5. The Balaban J connectivity index is 1.23. The van der Waals surface area contributed by atoms with Gasteiger partial charge in [0, 0.05) is 39.3 Å². The Morgan fingerprint density at radius 2 is 1.64 bits per heavy atom. The van der Waals surface area contributed by atoms with E-state index in [0.717, 1.165) is 45.7 Å². The molecule has 3 aromatic rings. The standard InChI is InChI=1S/C42H58N6O7S/c1-26-38(56-25-45-26)32-17-15-30(16-18-32)22-44-40(53)35-21-33(50)23-48(35)41(54)39(42(4,5)6)47-37(52)10-8-7-9-29-11-13-31(14-12-29)24-55-27(2)34(46-28(3)49)19-20-36(43)51/h11-18,25,27,33-35,39,50H,7-10,19-24H2,1-6H3,(H2,43,51)(H,44,53)(H,46,49)(H,47,52)/t27-,33-,34+,35+,39-/m1/s1. The lowest BCUT2D eigenvalue weighted by atomic mass is 9.85. The van der Waals surface area contributed by atoms with E-state index in [1.165, 1.54) is 11.8 Å². The Kier molecular flexibility index (Phi) is 16.1. The first-order valence-electron chi connectivity index (χ1n) is 19.3. The second-order valence-electron chi connectivity index (χ2n) is 15.8. The second kappa shape index (κ2) is 20.5. The van der Waals surface area contributed by atoms with Crippen LogP contribution in [0.5, 0.6) is 0 Å². The highest BCUT2D eigenvalue weighted by Crippen LogP contribution is 2.28. The van der Waals surface area contributed by atoms with E-state index in [9.17, 15) is 29.1 Å². The number of nitrogens with one attached hydrogen (secondary N) is 3. The van der Waals surface area contributed by atoms with E-state index in [-0.39, 0.29) is 68.1 Å². The van der Waals surface area contributed by atoms with Gasteiger partial charge in [-0.05, 0) is 67.2 Å². The quantitative estimate of drug-likeness (QED) is 0.111. The number of hydrogen-bond acceptors (Lipinski definition) is 9. The first-order chi connectivity index (χ1) is 26.5. The van der Waals surface area contributed by atoms with Crippen LogP contribution in [0.1, 0.15) is 95.5 Å². The fourth-order valence-corrected chi connectivity index (χ4v) is 7.57. The molecule has 304 valence electrons. The molecule has 5 amide bonds. The van der Waals surface area contributed by atoms with Crippen LogP contribution in [0, 0.1) is 12.3 Å². The number of aryl methyl sites for hydroxylation is 2. The van der Waals surface area contributed by atoms with E-state index in [1.807, 2.05) is 88.7 Å². The number of rotatable bonds is 19. The minimum atomic E-state index is -0.882. The molecular formula is C42H58N6O7S. The number of nitrogens with two attached hydrogens (primary N) is 1. The fraction of sp³-hybridized carbons (Fsp3) is 0.524. The van der Waals surface area contributed by atoms with E-state index in [0.29, 0.717) is 19.4 Å². The van der Waals surface area contributed by atoms with E-state index in [4.69, 9.17) is 10.5 Å². The number of primary amides is 1. The molecule has 1 aromatic heterocycles. The van der Waals surface area contributed by atoms with Gasteiger partial charge in [-0.25, -0.2) is 4.98 Å². The van der Waals surface area contributed by atoms with Crippen LogP contribution < -0.4 is 21.7 Å². The summed E-state index contributed by atoms with van der Waals surface area (Å²) in [6, 6.07) is 13.8. The number of aromatic nitrogens is 1. The van der Waals surface area contributed by atoms with Crippen LogP contribution in [0.3, 0.4) is 0 Å².